The molecule has 0 aliphatic heterocycles. The molecule has 0 aliphatic rings. The Kier molecular flexibility index (Phi) is 7.66. The van der Waals surface area contributed by atoms with Gasteiger partial charge in [0.15, 0.2) is 5.82 Å². The van der Waals surface area contributed by atoms with E-state index in [1.54, 1.807) is 13.8 Å². The van der Waals surface area contributed by atoms with Crippen LogP contribution in [0.1, 0.15) is 39.2 Å². The molecule has 0 radical (unpaired) electrons. The second-order valence-corrected chi connectivity index (χ2v) is 8.24. The highest BCUT2D eigenvalue weighted by Crippen LogP contribution is 2.30. The van der Waals surface area contributed by atoms with Gasteiger partial charge in [0, 0.05) is 24.9 Å². The number of rotatable bonds is 10. The second kappa shape index (κ2) is 10.6. The molecular formula is C24H27N5O4. The van der Waals surface area contributed by atoms with Gasteiger partial charge in [0.1, 0.15) is 11.8 Å². The summed E-state index contributed by atoms with van der Waals surface area (Å²) in [4.78, 5) is 37.5. The zero-order valence-corrected chi connectivity index (χ0v) is 18.9. The van der Waals surface area contributed by atoms with Gasteiger partial charge in [0.05, 0.1) is 0 Å². The number of nitrogens with one attached hydrogen (secondary N) is 1. The molecule has 33 heavy (non-hydrogen) atoms. The molecule has 172 valence electrons. The summed E-state index contributed by atoms with van der Waals surface area (Å²) >= 11 is 0. The number of carboxylic acid groups (broad SMARTS) is 1. The van der Waals surface area contributed by atoms with Crippen LogP contribution in [0.15, 0.2) is 48.5 Å². The Bertz CT molecular complexity index is 1110. The Morgan fingerprint density at radius 1 is 1.00 bits per heavy atom. The third-order valence-corrected chi connectivity index (χ3v) is 5.38. The number of carboxylic acids is 1. The molecule has 1 atom stereocenters. The molecule has 0 spiro atoms. The van der Waals surface area contributed by atoms with Gasteiger partial charge in [-0.15, -0.1) is 5.10 Å². The molecule has 1 heterocycles. The van der Waals surface area contributed by atoms with Crippen molar-refractivity contribution in [3.8, 4) is 22.5 Å². The van der Waals surface area contributed by atoms with E-state index in [1.165, 1.54) is 11.8 Å². The number of benzene rings is 2. The number of Topliss-reactive ketones (excluding diaryl/α,β-unsaturated/α-hetero) is 1. The Morgan fingerprint density at radius 3 is 2.21 bits per heavy atom. The summed E-state index contributed by atoms with van der Waals surface area (Å²) in [5.74, 6) is -1.25. The van der Waals surface area contributed by atoms with Crippen LogP contribution in [0.25, 0.3) is 22.5 Å². The number of aliphatic carboxylic acids is 1. The minimum Gasteiger partial charge on any atom is -0.480 e. The summed E-state index contributed by atoms with van der Waals surface area (Å²) in [6.45, 7) is 5.09. The van der Waals surface area contributed by atoms with Crippen LogP contribution in [0.2, 0.25) is 0 Å². The maximum atomic E-state index is 12.9. The average molecular weight is 450 g/mol. The van der Waals surface area contributed by atoms with Crippen molar-refractivity contribution >= 4 is 17.7 Å². The lowest BCUT2D eigenvalue weighted by Gasteiger charge is -2.31. The summed E-state index contributed by atoms with van der Waals surface area (Å²) in [5, 5.41) is 23.8. The monoisotopic (exact) mass is 449 g/mol. The number of tetrazole rings is 1. The Morgan fingerprint density at radius 2 is 1.67 bits per heavy atom. The zero-order valence-electron chi connectivity index (χ0n) is 18.9. The van der Waals surface area contributed by atoms with Crippen LogP contribution in [0.4, 0.5) is 0 Å². The van der Waals surface area contributed by atoms with Gasteiger partial charge < -0.3 is 14.8 Å². The fraction of sp³-hybridized carbons (Fsp3) is 0.333. The number of hydrogen-bond acceptors (Lipinski definition) is 6. The van der Waals surface area contributed by atoms with E-state index in [2.05, 4.69) is 20.6 Å². The number of hydrogen-bond donors (Lipinski definition) is 2. The Balaban J connectivity index is 1.87. The third kappa shape index (κ3) is 5.88. The van der Waals surface area contributed by atoms with Gasteiger partial charge in [-0.2, -0.15) is 0 Å². The number of aromatic amines is 1. The summed E-state index contributed by atoms with van der Waals surface area (Å²) < 4.78 is 0. The molecule has 2 aromatic carbocycles. The lowest BCUT2D eigenvalue weighted by molar-refractivity contribution is -0.153. The number of nitrogens with zero attached hydrogens (tertiary/aromatic N) is 4. The van der Waals surface area contributed by atoms with E-state index in [0.717, 1.165) is 22.3 Å². The molecular weight excluding hydrogens is 422 g/mol. The minimum atomic E-state index is -1.06. The maximum Gasteiger partial charge on any atom is 0.326 e. The van der Waals surface area contributed by atoms with E-state index in [-0.39, 0.29) is 37.0 Å². The van der Waals surface area contributed by atoms with Crippen LogP contribution in [0, 0.1) is 5.92 Å². The van der Waals surface area contributed by atoms with E-state index in [1.807, 2.05) is 48.5 Å². The fourth-order valence-electron chi connectivity index (χ4n) is 3.75. The first-order valence-electron chi connectivity index (χ1n) is 10.7. The molecule has 3 rings (SSSR count). The standard InChI is InChI=1S/C24H27N5O4/c1-15(2)22(24(32)33)29(21(31)13-8-16(3)30)14-17-9-11-18(12-10-17)19-6-4-5-7-20(19)23-25-27-28-26-23/h4-7,9-12,15,22H,8,13-14H2,1-3H3,(H,32,33)(H,25,26,27,28). The quantitative estimate of drug-likeness (QED) is 0.485. The van der Waals surface area contributed by atoms with Crippen LogP contribution < -0.4 is 0 Å². The SMILES string of the molecule is CC(=O)CCC(=O)N(Cc1ccc(-c2ccccc2-c2nnn[nH]2)cc1)C(C(=O)O)C(C)C. The summed E-state index contributed by atoms with van der Waals surface area (Å²) in [6, 6.07) is 14.3. The van der Waals surface area contributed by atoms with Gasteiger partial charge in [0.25, 0.3) is 0 Å². The predicted molar refractivity (Wildman–Crippen MR) is 122 cm³/mol. The van der Waals surface area contributed by atoms with Crippen LogP contribution in [0.3, 0.4) is 0 Å². The molecule has 9 heteroatoms. The van der Waals surface area contributed by atoms with Crippen molar-refractivity contribution in [2.45, 2.75) is 46.2 Å². The zero-order chi connectivity index (χ0) is 24.0. The first kappa shape index (κ1) is 23.8. The van der Waals surface area contributed by atoms with Crippen LogP contribution in [-0.4, -0.2) is 54.3 Å². The molecule has 0 aliphatic carbocycles. The number of carbonyl (C=O) groups excluding carboxylic acids is 2. The van der Waals surface area contributed by atoms with Gasteiger partial charge in [0.2, 0.25) is 5.91 Å². The number of amides is 1. The molecule has 1 aromatic heterocycles. The summed E-state index contributed by atoms with van der Waals surface area (Å²) in [6.07, 6.45) is 0.0779. The maximum absolute atomic E-state index is 12.9. The molecule has 1 amide bonds. The highest BCUT2D eigenvalue weighted by molar-refractivity contribution is 5.87. The van der Waals surface area contributed by atoms with E-state index in [0.29, 0.717) is 5.82 Å². The van der Waals surface area contributed by atoms with Crippen molar-refractivity contribution in [3.63, 3.8) is 0 Å². The van der Waals surface area contributed by atoms with Gasteiger partial charge in [-0.05, 0) is 40.0 Å². The van der Waals surface area contributed by atoms with Crippen molar-refractivity contribution < 1.29 is 19.5 Å². The van der Waals surface area contributed by atoms with Crippen LogP contribution in [-0.2, 0) is 20.9 Å². The topological polar surface area (TPSA) is 129 Å². The number of ketones is 1. The fourth-order valence-corrected chi connectivity index (χ4v) is 3.75. The van der Waals surface area contributed by atoms with Crippen molar-refractivity contribution in [1.82, 2.24) is 25.5 Å². The average Bonchev–Trinajstić information content (AvgIpc) is 3.32. The van der Waals surface area contributed by atoms with Crippen LogP contribution in [0.5, 0.6) is 0 Å². The van der Waals surface area contributed by atoms with E-state index in [4.69, 9.17) is 0 Å². The lowest BCUT2D eigenvalue weighted by Crippen LogP contribution is -2.47. The molecule has 2 N–H and O–H groups in total. The lowest BCUT2D eigenvalue weighted by atomic mass is 9.97. The molecule has 0 saturated carbocycles. The highest BCUT2D eigenvalue weighted by Gasteiger charge is 2.32. The predicted octanol–water partition coefficient (Wildman–Crippen LogP) is 3.34. The van der Waals surface area contributed by atoms with Crippen molar-refractivity contribution in [1.29, 1.82) is 0 Å². The molecule has 1 unspecified atom stereocenters. The van der Waals surface area contributed by atoms with Gasteiger partial charge in [-0.1, -0.05) is 62.4 Å². The number of H-pyrrole nitrogens is 1. The summed E-state index contributed by atoms with van der Waals surface area (Å²) in [5.41, 5.74) is 3.50. The highest BCUT2D eigenvalue weighted by atomic mass is 16.4. The van der Waals surface area contributed by atoms with E-state index >= 15 is 0 Å². The molecule has 3 aromatic rings. The smallest absolute Gasteiger partial charge is 0.326 e. The molecule has 0 fully saturated rings. The van der Waals surface area contributed by atoms with Gasteiger partial charge in [-0.3, -0.25) is 4.79 Å². The number of aromatic nitrogens is 4. The first-order chi connectivity index (χ1) is 15.8. The van der Waals surface area contributed by atoms with Crippen molar-refractivity contribution in [2.24, 2.45) is 5.92 Å². The number of carbonyl (C=O) groups is 3. The van der Waals surface area contributed by atoms with Gasteiger partial charge in [-0.25, -0.2) is 9.89 Å². The molecule has 0 bridgehead atoms. The van der Waals surface area contributed by atoms with E-state index < -0.39 is 12.0 Å². The van der Waals surface area contributed by atoms with Crippen molar-refractivity contribution in [3.05, 3.63) is 54.1 Å². The van der Waals surface area contributed by atoms with Crippen LogP contribution >= 0.6 is 0 Å². The summed E-state index contributed by atoms with van der Waals surface area (Å²) in [7, 11) is 0. The second-order valence-electron chi connectivity index (χ2n) is 8.24. The largest absolute Gasteiger partial charge is 0.480 e. The molecule has 9 nitrogen and oxygen atoms in total. The third-order valence-electron chi connectivity index (χ3n) is 5.38. The minimum absolute atomic E-state index is 0.0114. The Labute approximate surface area is 191 Å². The Hall–Kier alpha value is -3.88. The van der Waals surface area contributed by atoms with Crippen molar-refractivity contribution in [2.75, 3.05) is 0 Å². The normalized spacial score (nSPS) is 11.9. The molecule has 0 saturated heterocycles. The van der Waals surface area contributed by atoms with Gasteiger partial charge >= 0.3 is 5.97 Å². The first-order valence-corrected chi connectivity index (χ1v) is 10.7. The van der Waals surface area contributed by atoms with E-state index in [9.17, 15) is 19.5 Å².